The fourth-order valence-electron chi connectivity index (χ4n) is 6.50. The van der Waals surface area contributed by atoms with Gasteiger partial charge in [-0.15, -0.1) is 12.4 Å². The molecule has 66 heavy (non-hydrogen) atoms. The number of aromatic nitrogens is 4. The van der Waals surface area contributed by atoms with E-state index in [9.17, 15) is 40.6 Å². The van der Waals surface area contributed by atoms with Crippen molar-refractivity contribution in [3.8, 4) is 0 Å². The number of halogens is 5. The van der Waals surface area contributed by atoms with E-state index in [1.165, 1.54) is 58.5 Å². The van der Waals surface area contributed by atoms with Crippen LogP contribution in [0, 0.1) is 13.8 Å². The first-order chi connectivity index (χ1) is 30.0. The second-order valence-electron chi connectivity index (χ2n) is 16.4. The van der Waals surface area contributed by atoms with Gasteiger partial charge in [-0.1, -0.05) is 35.3 Å². The number of nitrogens with zero attached hydrogens (tertiary/aromatic N) is 6. The van der Waals surface area contributed by atoms with E-state index in [1.807, 2.05) is 0 Å². The number of aliphatic hydroxyl groups is 2. The maximum absolute atomic E-state index is 14.7. The molecule has 2 unspecified atom stereocenters. The van der Waals surface area contributed by atoms with E-state index < -0.39 is 55.6 Å². The molecule has 0 saturated carbocycles. The van der Waals surface area contributed by atoms with E-state index in [0.29, 0.717) is 45.0 Å². The van der Waals surface area contributed by atoms with Crippen LogP contribution in [0.15, 0.2) is 70.0 Å². The summed E-state index contributed by atoms with van der Waals surface area (Å²) in [6.45, 7) is 12.3. The number of carbonyl (C=O) groups is 1. The van der Waals surface area contributed by atoms with E-state index in [4.69, 9.17) is 33.7 Å². The molecule has 4 rings (SSSR count). The Morgan fingerprint density at radius 3 is 1.50 bits per heavy atom. The highest BCUT2D eigenvalue weighted by molar-refractivity contribution is 7.89. The minimum atomic E-state index is -3.70. The molecule has 23 heteroatoms. The lowest BCUT2D eigenvalue weighted by Crippen LogP contribution is -2.32. The molecule has 0 fully saturated rings. The van der Waals surface area contributed by atoms with Crippen LogP contribution in [0.25, 0.3) is 0 Å². The summed E-state index contributed by atoms with van der Waals surface area (Å²) in [5.41, 5.74) is 9.22. The molecule has 0 spiro atoms. The van der Waals surface area contributed by atoms with Crippen molar-refractivity contribution in [1.29, 1.82) is 0 Å². The Kier molecular flexibility index (Phi) is 21.5. The highest BCUT2D eigenvalue weighted by atomic mass is 35.5. The Balaban J connectivity index is 0.000000457. The molecule has 4 aromatic rings. The molecule has 1 amide bonds. The Labute approximate surface area is 402 Å². The number of hydrogen-bond donors (Lipinski definition) is 4. The Bertz CT molecular complexity index is 2610. The highest BCUT2D eigenvalue weighted by Crippen LogP contribution is 2.30. The lowest BCUT2D eigenvalue weighted by Gasteiger charge is -2.19. The average Bonchev–Trinajstić information content (AvgIpc) is 3.63. The van der Waals surface area contributed by atoms with Gasteiger partial charge < -0.3 is 26.0 Å². The third-order valence-electron chi connectivity index (χ3n) is 9.55. The van der Waals surface area contributed by atoms with E-state index >= 15 is 0 Å². The number of benzene rings is 2. The van der Waals surface area contributed by atoms with Gasteiger partial charge in [-0.05, 0) is 96.0 Å². The summed E-state index contributed by atoms with van der Waals surface area (Å²) in [5.74, 6) is -0.893. The van der Waals surface area contributed by atoms with Gasteiger partial charge >= 0.3 is 6.09 Å². The Morgan fingerprint density at radius 1 is 0.803 bits per heavy atom. The number of nitrogens with two attached hydrogens (primary N) is 1. The predicted octanol–water partition coefficient (Wildman–Crippen LogP) is 7.09. The molecular formula is C43H61Cl3F2N8O8S2. The molecule has 0 radical (unpaired) electrons. The third-order valence-corrected chi connectivity index (χ3v) is 14.2. The molecule has 0 saturated heterocycles. The van der Waals surface area contributed by atoms with Crippen molar-refractivity contribution in [1.82, 2.24) is 33.5 Å². The first-order valence-electron chi connectivity index (χ1n) is 20.3. The maximum Gasteiger partial charge on any atom is 0.407 e. The van der Waals surface area contributed by atoms with Gasteiger partial charge in [-0.25, -0.2) is 39.0 Å². The van der Waals surface area contributed by atoms with Gasteiger partial charge in [0.15, 0.2) is 0 Å². The fraction of sp³-hybridized carbons (Fsp3) is 0.465. The molecule has 2 atom stereocenters. The summed E-state index contributed by atoms with van der Waals surface area (Å²) in [6.07, 6.45) is -0.0863. The zero-order valence-corrected chi connectivity index (χ0v) is 42.8. The molecule has 16 nitrogen and oxygen atoms in total. The van der Waals surface area contributed by atoms with Crippen molar-refractivity contribution >= 4 is 61.7 Å². The van der Waals surface area contributed by atoms with Gasteiger partial charge in [0.05, 0.1) is 58.1 Å². The topological polar surface area (TPSA) is 215 Å². The molecular weight excluding hydrogens is 965 g/mol. The van der Waals surface area contributed by atoms with Crippen molar-refractivity contribution in [3.63, 3.8) is 0 Å². The van der Waals surface area contributed by atoms with Gasteiger partial charge in [0.25, 0.3) is 0 Å². The van der Waals surface area contributed by atoms with Crippen molar-refractivity contribution in [2.24, 2.45) is 5.73 Å². The number of hydrogen-bond acceptors (Lipinski definition) is 11. The van der Waals surface area contributed by atoms with Crippen molar-refractivity contribution in [2.45, 2.75) is 102 Å². The van der Waals surface area contributed by atoms with Crippen LogP contribution in [0.2, 0.25) is 10.0 Å². The summed E-state index contributed by atoms with van der Waals surface area (Å²) >= 11 is 12.5. The number of nitrogens with one attached hydrogen (secondary N) is 1. The molecule has 0 aliphatic rings. The van der Waals surface area contributed by atoms with E-state index in [0.717, 1.165) is 8.61 Å². The molecule has 0 aliphatic heterocycles. The van der Waals surface area contributed by atoms with Crippen LogP contribution in [0.5, 0.6) is 0 Å². The van der Waals surface area contributed by atoms with Crippen LogP contribution in [0.4, 0.5) is 13.6 Å². The molecule has 0 aliphatic carbocycles. The van der Waals surface area contributed by atoms with Crippen LogP contribution in [-0.2, 0) is 50.7 Å². The summed E-state index contributed by atoms with van der Waals surface area (Å²) in [5, 5.41) is 32.2. The molecule has 2 heterocycles. The lowest BCUT2D eigenvalue weighted by molar-refractivity contribution is 0.0533. The van der Waals surface area contributed by atoms with Crippen molar-refractivity contribution in [3.05, 3.63) is 115 Å². The molecule has 368 valence electrons. The number of ether oxygens (including phenoxy) is 1. The van der Waals surface area contributed by atoms with Crippen LogP contribution in [0.3, 0.4) is 0 Å². The summed E-state index contributed by atoms with van der Waals surface area (Å²) in [6, 6.07) is 9.20. The van der Waals surface area contributed by atoms with Crippen molar-refractivity contribution in [2.75, 3.05) is 41.3 Å². The number of aryl methyl sites for hydroxylation is 2. The van der Waals surface area contributed by atoms with Crippen LogP contribution >= 0.6 is 35.6 Å². The lowest BCUT2D eigenvalue weighted by atomic mass is 10.1. The third kappa shape index (κ3) is 15.5. The first kappa shape index (κ1) is 58.2. The fourth-order valence-corrected chi connectivity index (χ4v) is 9.37. The molecule has 5 N–H and O–H groups in total. The van der Waals surface area contributed by atoms with Gasteiger partial charge in [0.2, 0.25) is 20.0 Å². The predicted molar refractivity (Wildman–Crippen MR) is 254 cm³/mol. The minimum Gasteiger partial charge on any atom is -0.444 e. The largest absolute Gasteiger partial charge is 0.444 e. The second-order valence-corrected chi connectivity index (χ2v) is 21.5. The Morgan fingerprint density at radius 2 is 1.18 bits per heavy atom. The number of carbonyl (C=O) groups excluding carboxylic acids is 1. The normalized spacial score (nSPS) is 13.6. The summed E-state index contributed by atoms with van der Waals surface area (Å²) in [4.78, 5) is 11.7. The number of allylic oxidation sites excluding steroid dienone is 2. The average molecular weight is 1030 g/mol. The monoisotopic (exact) mass is 1020 g/mol. The first-order valence-corrected chi connectivity index (χ1v) is 23.9. The van der Waals surface area contributed by atoms with Crippen molar-refractivity contribution < 1.29 is 45.4 Å². The molecule has 2 aromatic carbocycles. The number of aliphatic hydroxyl groups excluding tert-OH is 2. The maximum atomic E-state index is 14.7. The van der Waals surface area contributed by atoms with Crippen LogP contribution < -0.4 is 11.1 Å². The van der Waals surface area contributed by atoms with Gasteiger partial charge in [0, 0.05) is 65.2 Å². The number of amides is 1. The molecule has 2 aromatic heterocycles. The second kappa shape index (κ2) is 24.4. The smallest absolute Gasteiger partial charge is 0.407 e. The van der Waals surface area contributed by atoms with Crippen LogP contribution in [-0.4, -0.2) is 108 Å². The summed E-state index contributed by atoms with van der Waals surface area (Å²) < 4.78 is 88.5. The van der Waals surface area contributed by atoms with Crippen LogP contribution in [0.1, 0.15) is 91.9 Å². The number of alkyl carbamates (subject to hydrolysis) is 1. The zero-order valence-electron chi connectivity index (χ0n) is 38.9. The highest BCUT2D eigenvalue weighted by Gasteiger charge is 2.25. The standard InChI is InChI=1S/C24H34ClFN4O5S.C19H26ClFN4O3S.ClH/c1-15-19(13-18(26)10-11-27-23(32)35-24(3,4)5)22(16(2)31)30(28-15)14-17-8-9-21(20(25)12-17)36(33,34)29(6)7;1-12-16(10-15(21)7-8-22)19(13(2)26)25(23-12)11-14-5-6-18(17(20)9-14)29(27,28)24(3)4;/h8-10,12,16,31H,11,13-14H2,1-7H3,(H,27,32);5-7,9,13,26H,8,10-11,22H2,1-4H3;1H/b18-10-;15-7-;. The van der Waals surface area contributed by atoms with E-state index in [2.05, 4.69) is 15.5 Å². The number of sulfonamides is 2. The SMILES string of the molecule is Cc1nn(Cc2ccc(S(=O)(=O)N(C)C)c(Cl)c2)c(C(C)O)c1C/C(F)=C/CN.Cc1nn(Cc2ccc(S(=O)(=O)N(C)C)c(Cl)c2)c(C(C)O)c1C/C(F)=C/CNC(=O)OC(C)(C)C.Cl. The van der Waals surface area contributed by atoms with Gasteiger partial charge in [-0.2, -0.15) is 10.2 Å². The minimum absolute atomic E-state index is 0. The Hall–Kier alpha value is -3.96. The summed E-state index contributed by atoms with van der Waals surface area (Å²) in [7, 11) is -1.66. The quantitative estimate of drug-likeness (QED) is 0.0838. The van der Waals surface area contributed by atoms with Gasteiger partial charge in [0.1, 0.15) is 27.0 Å². The molecule has 0 bridgehead atoms. The van der Waals surface area contributed by atoms with Gasteiger partial charge in [-0.3, -0.25) is 9.36 Å². The zero-order chi connectivity index (χ0) is 49.4. The van der Waals surface area contributed by atoms with E-state index in [1.54, 1.807) is 76.0 Å². The number of rotatable bonds is 17. The van der Waals surface area contributed by atoms with E-state index in [-0.39, 0.29) is 71.3 Å².